The van der Waals surface area contributed by atoms with E-state index in [4.69, 9.17) is 4.42 Å². The molecule has 0 saturated carbocycles. The van der Waals surface area contributed by atoms with E-state index in [0.29, 0.717) is 5.56 Å². The zero-order valence-corrected chi connectivity index (χ0v) is 19.4. The summed E-state index contributed by atoms with van der Waals surface area (Å²) in [4.78, 5) is 0. The van der Waals surface area contributed by atoms with Gasteiger partial charge in [-0.05, 0) is 59.5 Å². The second kappa shape index (κ2) is 7.57. The van der Waals surface area contributed by atoms with Crippen LogP contribution in [0.2, 0.25) is 0 Å². The minimum atomic E-state index is 0.626. The Bertz CT molecular complexity index is 1800. The summed E-state index contributed by atoms with van der Waals surface area (Å²) in [6, 6.07) is 29.5. The highest BCUT2D eigenvalue weighted by Crippen LogP contribution is 2.41. The molecule has 0 aliphatic carbocycles. The minimum absolute atomic E-state index is 0.626. The molecule has 0 aliphatic rings. The van der Waals surface area contributed by atoms with Gasteiger partial charge in [-0.1, -0.05) is 48.5 Å². The van der Waals surface area contributed by atoms with E-state index in [1.54, 1.807) is 0 Å². The summed E-state index contributed by atoms with van der Waals surface area (Å²) in [5.74, 6) is 0. The van der Waals surface area contributed by atoms with Gasteiger partial charge in [0.05, 0.1) is 17.2 Å². The minimum Gasteiger partial charge on any atom is -0.454 e. The van der Waals surface area contributed by atoms with Crippen LogP contribution >= 0.6 is 0 Å². The quantitative estimate of drug-likeness (QED) is 0.264. The Kier molecular flexibility index (Phi) is 4.50. The van der Waals surface area contributed by atoms with E-state index >= 15 is 0 Å². The molecule has 6 rings (SSSR count). The fourth-order valence-electron chi connectivity index (χ4n) is 4.92. The third kappa shape index (κ3) is 3.08. The fourth-order valence-corrected chi connectivity index (χ4v) is 4.92. The van der Waals surface area contributed by atoms with E-state index in [9.17, 15) is 5.26 Å². The topological polar surface area (TPSA) is 40.8 Å². The van der Waals surface area contributed by atoms with Crippen molar-refractivity contribution in [1.29, 1.82) is 5.26 Å². The molecule has 0 unspecified atom stereocenters. The lowest BCUT2D eigenvalue weighted by molar-refractivity contribution is -0.660. The van der Waals surface area contributed by atoms with E-state index in [-0.39, 0.29) is 0 Å². The molecular formula is C31H23N2O+. The number of fused-ring (bicyclic) bond motifs is 4. The molecule has 0 atom stereocenters. The van der Waals surface area contributed by atoms with E-state index in [1.165, 1.54) is 10.9 Å². The molecule has 0 radical (unpaired) electrons. The molecule has 34 heavy (non-hydrogen) atoms. The van der Waals surface area contributed by atoms with Gasteiger partial charge in [0.2, 0.25) is 5.69 Å². The van der Waals surface area contributed by atoms with Gasteiger partial charge >= 0.3 is 0 Å². The van der Waals surface area contributed by atoms with Crippen LogP contribution in [0, 0.1) is 25.2 Å². The van der Waals surface area contributed by atoms with Crippen LogP contribution in [0.25, 0.3) is 55.1 Å². The Morgan fingerprint density at radius 3 is 2.44 bits per heavy atom. The van der Waals surface area contributed by atoms with Gasteiger partial charge in [0.1, 0.15) is 18.2 Å². The highest BCUT2D eigenvalue weighted by molar-refractivity contribution is 6.14. The van der Waals surface area contributed by atoms with Crippen molar-refractivity contribution in [3.63, 3.8) is 0 Å². The summed E-state index contributed by atoms with van der Waals surface area (Å²) >= 11 is 0. The number of hydrogen-bond donors (Lipinski definition) is 0. The highest BCUT2D eigenvalue weighted by Gasteiger charge is 2.22. The maximum absolute atomic E-state index is 9.81. The normalized spacial score (nSPS) is 11.4. The van der Waals surface area contributed by atoms with Gasteiger partial charge in [-0.15, -0.1) is 0 Å². The third-order valence-corrected chi connectivity index (χ3v) is 6.70. The molecule has 0 saturated heterocycles. The predicted molar refractivity (Wildman–Crippen MR) is 137 cm³/mol. The number of pyridine rings is 1. The first-order chi connectivity index (χ1) is 16.5. The van der Waals surface area contributed by atoms with Crippen molar-refractivity contribution in [1.82, 2.24) is 0 Å². The molecule has 3 nitrogen and oxygen atoms in total. The van der Waals surface area contributed by atoms with Crippen LogP contribution in [0.4, 0.5) is 0 Å². The van der Waals surface area contributed by atoms with Crippen molar-refractivity contribution in [2.75, 3.05) is 0 Å². The van der Waals surface area contributed by atoms with Crippen molar-refractivity contribution in [2.24, 2.45) is 7.05 Å². The van der Waals surface area contributed by atoms with Gasteiger partial charge in [-0.25, -0.2) is 4.57 Å². The molecule has 0 aliphatic heterocycles. The lowest BCUT2D eigenvalue weighted by Gasteiger charge is -2.06. The average Bonchev–Trinajstić information content (AvgIpc) is 3.23. The first-order valence-corrected chi connectivity index (χ1v) is 11.4. The van der Waals surface area contributed by atoms with Crippen molar-refractivity contribution in [2.45, 2.75) is 13.8 Å². The van der Waals surface area contributed by atoms with Crippen molar-refractivity contribution in [3.8, 4) is 28.5 Å². The molecule has 2 heterocycles. The summed E-state index contributed by atoms with van der Waals surface area (Å²) in [5.41, 5.74) is 8.82. The van der Waals surface area contributed by atoms with E-state index in [1.807, 2.05) is 24.3 Å². The lowest BCUT2D eigenvalue weighted by atomic mass is 9.96. The monoisotopic (exact) mass is 439 g/mol. The number of benzene rings is 4. The van der Waals surface area contributed by atoms with Crippen LogP contribution in [0.5, 0.6) is 0 Å². The summed E-state index contributed by atoms with van der Waals surface area (Å²) in [7, 11) is 2.06. The molecule has 3 heteroatoms. The number of aryl methyl sites for hydroxylation is 3. The maximum atomic E-state index is 9.81. The standard InChI is InChI=1S/C31H23N2O/c1-19-12-13-33(3)28(14-19)29-20(2)8-11-25-27-16-21(18-32)15-26(30(27)34-31(25)29)24-10-9-22-6-4-5-7-23(22)17-24/h4-17H,1-3H3/q+1. The second-order valence-corrected chi connectivity index (χ2v) is 9.01. The molecule has 0 bridgehead atoms. The van der Waals surface area contributed by atoms with E-state index in [0.717, 1.165) is 55.3 Å². The van der Waals surface area contributed by atoms with Gasteiger partial charge in [0.25, 0.3) is 0 Å². The average molecular weight is 440 g/mol. The number of rotatable bonds is 2. The third-order valence-electron chi connectivity index (χ3n) is 6.70. The second-order valence-electron chi connectivity index (χ2n) is 9.01. The molecule has 2 aromatic heterocycles. The van der Waals surface area contributed by atoms with Crippen LogP contribution in [-0.4, -0.2) is 0 Å². The first-order valence-electron chi connectivity index (χ1n) is 11.4. The summed E-state index contributed by atoms with van der Waals surface area (Å²) in [5, 5.41) is 14.2. The molecule has 0 N–H and O–H groups in total. The Morgan fingerprint density at radius 2 is 1.62 bits per heavy atom. The smallest absolute Gasteiger partial charge is 0.216 e. The van der Waals surface area contributed by atoms with Gasteiger partial charge in [0, 0.05) is 28.5 Å². The molecule has 6 aromatic rings. The van der Waals surface area contributed by atoms with Gasteiger partial charge in [0.15, 0.2) is 6.20 Å². The molecule has 0 spiro atoms. The number of nitriles is 1. The number of furan rings is 1. The van der Waals surface area contributed by atoms with E-state index < -0.39 is 0 Å². The molecule has 4 aromatic carbocycles. The van der Waals surface area contributed by atoms with Crippen LogP contribution in [-0.2, 0) is 7.05 Å². The van der Waals surface area contributed by atoms with Crippen LogP contribution in [0.3, 0.4) is 0 Å². The van der Waals surface area contributed by atoms with Crippen LogP contribution < -0.4 is 4.57 Å². The fraction of sp³-hybridized carbons (Fsp3) is 0.0968. The Hall–Kier alpha value is -4.42. The Morgan fingerprint density at radius 1 is 0.794 bits per heavy atom. The summed E-state index contributed by atoms with van der Waals surface area (Å²) in [6.45, 7) is 4.23. The lowest BCUT2D eigenvalue weighted by Crippen LogP contribution is -2.30. The van der Waals surface area contributed by atoms with E-state index in [2.05, 4.69) is 92.3 Å². The van der Waals surface area contributed by atoms with Gasteiger partial charge < -0.3 is 4.42 Å². The zero-order valence-electron chi connectivity index (χ0n) is 19.4. The SMILES string of the molecule is Cc1cc[n+](C)c(-c2c(C)ccc3c2oc2c(-c4ccc5ccccc5c4)cc(C#N)cc23)c1. The van der Waals surface area contributed by atoms with Gasteiger partial charge in [-0.3, -0.25) is 0 Å². The van der Waals surface area contributed by atoms with Crippen LogP contribution in [0.1, 0.15) is 16.7 Å². The zero-order chi connectivity index (χ0) is 23.4. The van der Waals surface area contributed by atoms with Crippen molar-refractivity contribution < 1.29 is 8.98 Å². The number of nitrogens with zero attached hydrogens (tertiary/aromatic N) is 2. The molecule has 0 fully saturated rings. The largest absolute Gasteiger partial charge is 0.454 e. The number of hydrogen-bond acceptors (Lipinski definition) is 2. The summed E-state index contributed by atoms with van der Waals surface area (Å²) in [6.07, 6.45) is 2.08. The van der Waals surface area contributed by atoms with Gasteiger partial charge in [-0.2, -0.15) is 5.26 Å². The molecule has 162 valence electrons. The van der Waals surface area contributed by atoms with Crippen molar-refractivity contribution in [3.05, 3.63) is 102 Å². The Labute approximate surface area is 198 Å². The predicted octanol–water partition coefficient (Wildman–Crippen LogP) is 7.39. The summed E-state index contributed by atoms with van der Waals surface area (Å²) < 4.78 is 8.82. The Balaban J connectivity index is 1.71. The number of aromatic nitrogens is 1. The molecular weight excluding hydrogens is 416 g/mol. The van der Waals surface area contributed by atoms with Crippen LogP contribution in [0.15, 0.2) is 89.5 Å². The van der Waals surface area contributed by atoms with Crippen molar-refractivity contribution >= 4 is 32.7 Å². The first kappa shape index (κ1) is 20.2. The molecule has 0 amide bonds. The maximum Gasteiger partial charge on any atom is 0.216 e. The highest BCUT2D eigenvalue weighted by atomic mass is 16.3.